The predicted octanol–water partition coefficient (Wildman–Crippen LogP) is 4.42. The summed E-state index contributed by atoms with van der Waals surface area (Å²) in [5, 5.41) is 0. The Labute approximate surface area is 139 Å². The van der Waals surface area contributed by atoms with Crippen molar-refractivity contribution in [2.24, 2.45) is 5.73 Å². The lowest BCUT2D eigenvalue weighted by atomic mass is 9.99. The van der Waals surface area contributed by atoms with E-state index in [4.69, 9.17) is 15.2 Å². The van der Waals surface area contributed by atoms with Gasteiger partial charge in [-0.2, -0.15) is 0 Å². The SMILES string of the molecule is COc1cc(Br)c(C(N)c2cc(F)ccc2Br)cc1OC. The van der Waals surface area contributed by atoms with Crippen molar-refractivity contribution < 1.29 is 13.9 Å². The molecule has 0 radical (unpaired) electrons. The van der Waals surface area contributed by atoms with Gasteiger partial charge in [-0.3, -0.25) is 0 Å². The van der Waals surface area contributed by atoms with Crippen LogP contribution in [-0.2, 0) is 0 Å². The van der Waals surface area contributed by atoms with E-state index in [9.17, 15) is 4.39 Å². The van der Waals surface area contributed by atoms with Gasteiger partial charge in [0, 0.05) is 8.95 Å². The van der Waals surface area contributed by atoms with Crippen molar-refractivity contribution in [3.63, 3.8) is 0 Å². The number of hydrogen-bond acceptors (Lipinski definition) is 3. The molecule has 0 spiro atoms. The van der Waals surface area contributed by atoms with Gasteiger partial charge in [-0.05, 0) is 41.5 Å². The van der Waals surface area contributed by atoms with Crippen LogP contribution in [0.3, 0.4) is 0 Å². The fourth-order valence-corrected chi connectivity index (χ4v) is 3.09. The monoisotopic (exact) mass is 417 g/mol. The van der Waals surface area contributed by atoms with E-state index in [1.807, 2.05) is 0 Å². The molecule has 6 heteroatoms. The summed E-state index contributed by atoms with van der Waals surface area (Å²) in [5.41, 5.74) is 7.71. The second-order valence-corrected chi connectivity index (χ2v) is 6.08. The Morgan fingerprint density at radius 3 is 2.14 bits per heavy atom. The van der Waals surface area contributed by atoms with Gasteiger partial charge < -0.3 is 15.2 Å². The molecule has 2 aromatic rings. The minimum atomic E-state index is -0.510. The number of halogens is 3. The highest BCUT2D eigenvalue weighted by atomic mass is 79.9. The first-order valence-corrected chi connectivity index (χ1v) is 7.68. The fourth-order valence-electron chi connectivity index (χ4n) is 2.03. The van der Waals surface area contributed by atoms with Crippen LogP contribution in [0.15, 0.2) is 39.3 Å². The van der Waals surface area contributed by atoms with E-state index >= 15 is 0 Å². The number of hydrogen-bond donors (Lipinski definition) is 1. The van der Waals surface area contributed by atoms with Gasteiger partial charge in [0.25, 0.3) is 0 Å². The molecule has 0 saturated carbocycles. The highest BCUT2D eigenvalue weighted by Crippen LogP contribution is 2.38. The van der Waals surface area contributed by atoms with Crippen molar-refractivity contribution in [2.75, 3.05) is 14.2 Å². The Hall–Kier alpha value is -1.11. The van der Waals surface area contributed by atoms with Crippen LogP contribution >= 0.6 is 31.9 Å². The molecular formula is C15H14Br2FNO2. The Balaban J connectivity index is 2.52. The third-order valence-electron chi connectivity index (χ3n) is 3.13. The van der Waals surface area contributed by atoms with Crippen molar-refractivity contribution in [2.45, 2.75) is 6.04 Å². The Morgan fingerprint density at radius 1 is 0.952 bits per heavy atom. The van der Waals surface area contributed by atoms with Gasteiger partial charge in [-0.25, -0.2) is 4.39 Å². The molecule has 2 aromatic carbocycles. The molecule has 0 aliphatic rings. The van der Waals surface area contributed by atoms with Gasteiger partial charge >= 0.3 is 0 Å². The maximum absolute atomic E-state index is 13.5. The summed E-state index contributed by atoms with van der Waals surface area (Å²) in [4.78, 5) is 0. The molecular weight excluding hydrogens is 405 g/mol. The van der Waals surface area contributed by atoms with Gasteiger partial charge in [0.15, 0.2) is 11.5 Å². The first-order chi connectivity index (χ1) is 9.97. The molecule has 0 saturated heterocycles. The number of benzene rings is 2. The normalized spacial score (nSPS) is 12.1. The molecule has 2 N–H and O–H groups in total. The van der Waals surface area contributed by atoms with Gasteiger partial charge in [0.2, 0.25) is 0 Å². The molecule has 0 aliphatic heterocycles. The second-order valence-electron chi connectivity index (χ2n) is 4.37. The zero-order chi connectivity index (χ0) is 15.6. The number of nitrogens with two attached hydrogens (primary N) is 1. The van der Waals surface area contributed by atoms with Crippen LogP contribution in [0.5, 0.6) is 11.5 Å². The third kappa shape index (κ3) is 3.39. The Morgan fingerprint density at radius 2 is 1.52 bits per heavy atom. The van der Waals surface area contributed by atoms with E-state index in [0.717, 1.165) is 14.5 Å². The molecule has 0 heterocycles. The summed E-state index contributed by atoms with van der Waals surface area (Å²) in [7, 11) is 3.12. The molecule has 0 aliphatic carbocycles. The van der Waals surface area contributed by atoms with Gasteiger partial charge in [-0.15, -0.1) is 0 Å². The van der Waals surface area contributed by atoms with Crippen LogP contribution in [0.1, 0.15) is 17.2 Å². The lowest BCUT2D eigenvalue weighted by Crippen LogP contribution is -2.14. The number of rotatable bonds is 4. The van der Waals surface area contributed by atoms with Crippen LogP contribution < -0.4 is 15.2 Å². The minimum absolute atomic E-state index is 0.333. The molecule has 0 fully saturated rings. The summed E-state index contributed by atoms with van der Waals surface area (Å²) in [6, 6.07) is 7.48. The lowest BCUT2D eigenvalue weighted by Gasteiger charge is -2.18. The molecule has 112 valence electrons. The summed E-state index contributed by atoms with van der Waals surface area (Å²) in [6.07, 6.45) is 0. The van der Waals surface area contributed by atoms with E-state index in [-0.39, 0.29) is 5.82 Å². The number of methoxy groups -OCH3 is 2. The molecule has 0 amide bonds. The average molecular weight is 419 g/mol. The molecule has 2 rings (SSSR count). The summed E-state index contributed by atoms with van der Waals surface area (Å²) >= 11 is 6.87. The quantitative estimate of drug-likeness (QED) is 0.799. The van der Waals surface area contributed by atoms with Gasteiger partial charge in [0.1, 0.15) is 5.82 Å². The predicted molar refractivity (Wildman–Crippen MR) is 87.4 cm³/mol. The summed E-state index contributed by atoms with van der Waals surface area (Å²) in [5.74, 6) is 0.831. The Bertz CT molecular complexity index is 664. The average Bonchev–Trinajstić information content (AvgIpc) is 2.48. The van der Waals surface area contributed by atoms with Gasteiger partial charge in [0.05, 0.1) is 20.3 Å². The third-order valence-corrected chi connectivity index (χ3v) is 4.54. The van der Waals surface area contributed by atoms with Crippen molar-refractivity contribution >= 4 is 31.9 Å². The molecule has 1 unspecified atom stereocenters. The van der Waals surface area contributed by atoms with Crippen LogP contribution in [-0.4, -0.2) is 14.2 Å². The smallest absolute Gasteiger partial charge is 0.161 e. The second kappa shape index (κ2) is 6.77. The van der Waals surface area contributed by atoms with Crippen LogP contribution in [0.25, 0.3) is 0 Å². The first-order valence-electron chi connectivity index (χ1n) is 6.10. The highest BCUT2D eigenvalue weighted by molar-refractivity contribution is 9.10. The molecule has 3 nitrogen and oxygen atoms in total. The summed E-state index contributed by atoms with van der Waals surface area (Å²) < 4.78 is 25.5. The van der Waals surface area contributed by atoms with Crippen molar-refractivity contribution in [3.05, 3.63) is 56.2 Å². The van der Waals surface area contributed by atoms with Crippen LogP contribution in [0, 0.1) is 5.82 Å². The van der Waals surface area contributed by atoms with Gasteiger partial charge in [-0.1, -0.05) is 31.9 Å². The van der Waals surface area contributed by atoms with E-state index in [1.165, 1.54) is 12.1 Å². The maximum Gasteiger partial charge on any atom is 0.161 e. The van der Waals surface area contributed by atoms with E-state index in [0.29, 0.717) is 17.1 Å². The molecule has 0 aromatic heterocycles. The lowest BCUT2D eigenvalue weighted by molar-refractivity contribution is 0.354. The van der Waals surface area contributed by atoms with E-state index < -0.39 is 6.04 Å². The van der Waals surface area contributed by atoms with Crippen molar-refractivity contribution in [1.82, 2.24) is 0 Å². The van der Waals surface area contributed by atoms with E-state index in [1.54, 1.807) is 32.4 Å². The molecule has 1 atom stereocenters. The van der Waals surface area contributed by atoms with Crippen LogP contribution in [0.2, 0.25) is 0 Å². The fraction of sp³-hybridized carbons (Fsp3) is 0.200. The summed E-state index contributed by atoms with van der Waals surface area (Å²) in [6.45, 7) is 0. The Kier molecular flexibility index (Phi) is 5.24. The zero-order valence-electron chi connectivity index (χ0n) is 11.5. The zero-order valence-corrected chi connectivity index (χ0v) is 14.7. The van der Waals surface area contributed by atoms with E-state index in [2.05, 4.69) is 31.9 Å². The molecule has 0 bridgehead atoms. The van der Waals surface area contributed by atoms with Crippen molar-refractivity contribution in [1.29, 1.82) is 0 Å². The number of ether oxygens (including phenoxy) is 2. The van der Waals surface area contributed by atoms with Crippen molar-refractivity contribution in [3.8, 4) is 11.5 Å². The first kappa shape index (κ1) is 16.3. The van der Waals surface area contributed by atoms with Crippen LogP contribution in [0.4, 0.5) is 4.39 Å². The topological polar surface area (TPSA) is 44.5 Å². The standard InChI is InChI=1S/C15H14Br2FNO2/c1-20-13-6-10(12(17)7-14(13)21-2)15(19)9-5-8(18)3-4-11(9)16/h3-7,15H,19H2,1-2H3. The highest BCUT2D eigenvalue weighted by Gasteiger charge is 2.19. The minimum Gasteiger partial charge on any atom is -0.493 e. The largest absolute Gasteiger partial charge is 0.493 e. The maximum atomic E-state index is 13.5. The molecule has 21 heavy (non-hydrogen) atoms.